The van der Waals surface area contributed by atoms with E-state index in [0.717, 1.165) is 12.8 Å². The third kappa shape index (κ3) is 4.19. The first kappa shape index (κ1) is 15.8. The molecule has 0 unspecified atom stereocenters. The minimum atomic E-state index is -0.186. The normalized spacial score (nSPS) is 18.8. The van der Waals surface area contributed by atoms with Gasteiger partial charge in [0.15, 0.2) is 5.96 Å². The maximum atomic E-state index is 13.2. The maximum absolute atomic E-state index is 13.2. The SMILES string of the molecule is CC(C)NC(N)=NCC1(c2ccc(F)cc2)CCCCC1. The van der Waals surface area contributed by atoms with Crippen molar-refractivity contribution < 1.29 is 4.39 Å². The molecule has 0 amide bonds. The van der Waals surface area contributed by atoms with Crippen molar-refractivity contribution in [2.45, 2.75) is 57.4 Å². The molecule has 3 nitrogen and oxygen atoms in total. The largest absolute Gasteiger partial charge is 0.370 e. The number of hydrogen-bond acceptors (Lipinski definition) is 1. The van der Waals surface area contributed by atoms with Crippen LogP contribution < -0.4 is 11.1 Å². The van der Waals surface area contributed by atoms with Crippen LogP contribution in [0.15, 0.2) is 29.3 Å². The van der Waals surface area contributed by atoms with Crippen LogP contribution in [-0.4, -0.2) is 18.5 Å². The Bertz CT molecular complexity index is 473. The molecule has 21 heavy (non-hydrogen) atoms. The molecule has 1 aliphatic carbocycles. The molecule has 1 aliphatic rings. The minimum absolute atomic E-state index is 0.00916. The summed E-state index contributed by atoms with van der Waals surface area (Å²) in [5.41, 5.74) is 7.13. The fourth-order valence-corrected chi connectivity index (χ4v) is 3.15. The number of hydrogen-bond donors (Lipinski definition) is 2. The van der Waals surface area contributed by atoms with E-state index in [2.05, 4.69) is 10.3 Å². The van der Waals surface area contributed by atoms with Crippen molar-refractivity contribution in [1.82, 2.24) is 5.32 Å². The summed E-state index contributed by atoms with van der Waals surface area (Å²) in [7, 11) is 0. The minimum Gasteiger partial charge on any atom is -0.370 e. The van der Waals surface area contributed by atoms with E-state index in [1.165, 1.54) is 24.8 Å². The lowest BCUT2D eigenvalue weighted by Crippen LogP contribution is -2.39. The lowest BCUT2D eigenvalue weighted by molar-refractivity contribution is 0.301. The number of guanidine groups is 1. The van der Waals surface area contributed by atoms with Crippen LogP contribution in [0.25, 0.3) is 0 Å². The van der Waals surface area contributed by atoms with Gasteiger partial charge in [-0.1, -0.05) is 31.4 Å². The van der Waals surface area contributed by atoms with Crippen molar-refractivity contribution in [1.29, 1.82) is 0 Å². The van der Waals surface area contributed by atoms with Gasteiger partial charge in [-0.2, -0.15) is 0 Å². The van der Waals surface area contributed by atoms with Crippen molar-refractivity contribution in [3.63, 3.8) is 0 Å². The zero-order valence-corrected chi connectivity index (χ0v) is 13.0. The average Bonchev–Trinajstić information content (AvgIpc) is 2.46. The Morgan fingerprint density at radius 3 is 2.43 bits per heavy atom. The van der Waals surface area contributed by atoms with Gasteiger partial charge in [-0.05, 0) is 44.4 Å². The van der Waals surface area contributed by atoms with Gasteiger partial charge in [0.1, 0.15) is 5.82 Å². The van der Waals surface area contributed by atoms with Crippen LogP contribution in [0.5, 0.6) is 0 Å². The van der Waals surface area contributed by atoms with Gasteiger partial charge < -0.3 is 11.1 Å². The Labute approximate surface area is 126 Å². The second-order valence-electron chi connectivity index (χ2n) is 6.35. The molecule has 1 saturated carbocycles. The molecule has 116 valence electrons. The van der Waals surface area contributed by atoms with Crippen LogP contribution in [0.4, 0.5) is 4.39 Å². The highest BCUT2D eigenvalue weighted by Gasteiger charge is 2.33. The van der Waals surface area contributed by atoms with Gasteiger partial charge >= 0.3 is 0 Å². The third-order valence-corrected chi connectivity index (χ3v) is 4.26. The van der Waals surface area contributed by atoms with Gasteiger partial charge in [-0.3, -0.25) is 4.99 Å². The summed E-state index contributed by atoms with van der Waals surface area (Å²) in [6, 6.07) is 7.18. The van der Waals surface area contributed by atoms with Crippen LogP contribution in [-0.2, 0) is 5.41 Å². The van der Waals surface area contributed by atoms with E-state index in [-0.39, 0.29) is 17.3 Å². The summed E-state index contributed by atoms with van der Waals surface area (Å²) < 4.78 is 13.2. The van der Waals surface area contributed by atoms with Gasteiger partial charge in [0.25, 0.3) is 0 Å². The van der Waals surface area contributed by atoms with Crippen LogP contribution >= 0.6 is 0 Å². The van der Waals surface area contributed by atoms with E-state index in [9.17, 15) is 4.39 Å². The summed E-state index contributed by atoms with van der Waals surface area (Å²) in [5, 5.41) is 3.13. The maximum Gasteiger partial charge on any atom is 0.188 e. The molecule has 3 N–H and O–H groups in total. The number of nitrogens with zero attached hydrogens (tertiary/aromatic N) is 1. The molecule has 0 bridgehead atoms. The third-order valence-electron chi connectivity index (χ3n) is 4.26. The van der Waals surface area contributed by atoms with Crippen LogP contribution in [0.1, 0.15) is 51.5 Å². The molecule has 0 spiro atoms. The lowest BCUT2D eigenvalue weighted by Gasteiger charge is -2.36. The van der Waals surface area contributed by atoms with E-state index in [1.54, 1.807) is 12.1 Å². The topological polar surface area (TPSA) is 50.4 Å². The van der Waals surface area contributed by atoms with Gasteiger partial charge in [0.05, 0.1) is 6.54 Å². The second kappa shape index (κ2) is 6.92. The lowest BCUT2D eigenvalue weighted by atomic mass is 9.69. The van der Waals surface area contributed by atoms with Crippen molar-refractivity contribution in [2.75, 3.05) is 6.54 Å². The standard InChI is InChI=1S/C17H26FN3/c1-13(2)21-16(19)20-12-17(10-4-3-5-11-17)14-6-8-15(18)9-7-14/h6-9,13H,3-5,10-12H2,1-2H3,(H3,19,20,21). The molecule has 2 rings (SSSR count). The first-order valence-corrected chi connectivity index (χ1v) is 7.84. The van der Waals surface area contributed by atoms with Gasteiger partial charge in [-0.25, -0.2) is 4.39 Å². The predicted molar refractivity (Wildman–Crippen MR) is 85.9 cm³/mol. The molecular formula is C17H26FN3. The Morgan fingerprint density at radius 2 is 1.86 bits per heavy atom. The van der Waals surface area contributed by atoms with Crippen molar-refractivity contribution in [3.8, 4) is 0 Å². The zero-order chi connectivity index (χ0) is 15.3. The highest BCUT2D eigenvalue weighted by atomic mass is 19.1. The van der Waals surface area contributed by atoms with E-state index in [4.69, 9.17) is 5.73 Å². The number of halogens is 1. The Morgan fingerprint density at radius 1 is 1.24 bits per heavy atom. The summed E-state index contributed by atoms with van der Waals surface area (Å²) >= 11 is 0. The monoisotopic (exact) mass is 291 g/mol. The quantitative estimate of drug-likeness (QED) is 0.660. The molecule has 0 atom stereocenters. The van der Waals surface area contributed by atoms with E-state index >= 15 is 0 Å². The molecule has 0 saturated heterocycles. The molecule has 0 aliphatic heterocycles. The van der Waals surface area contributed by atoms with Crippen molar-refractivity contribution >= 4 is 5.96 Å². The fraction of sp³-hybridized carbons (Fsp3) is 0.588. The summed E-state index contributed by atoms with van der Waals surface area (Å²) in [4.78, 5) is 4.55. The average molecular weight is 291 g/mol. The highest BCUT2D eigenvalue weighted by molar-refractivity contribution is 5.78. The molecule has 4 heteroatoms. The summed E-state index contributed by atoms with van der Waals surface area (Å²) in [5.74, 6) is 0.311. The van der Waals surface area contributed by atoms with Crippen LogP contribution in [0, 0.1) is 5.82 Å². The van der Waals surface area contributed by atoms with Crippen molar-refractivity contribution in [3.05, 3.63) is 35.6 Å². The summed E-state index contributed by atoms with van der Waals surface area (Å²) in [6.07, 6.45) is 5.86. The molecule has 0 aromatic heterocycles. The fourth-order valence-electron chi connectivity index (χ4n) is 3.15. The first-order valence-electron chi connectivity index (χ1n) is 7.84. The van der Waals surface area contributed by atoms with Crippen LogP contribution in [0.3, 0.4) is 0 Å². The molecule has 0 heterocycles. The second-order valence-corrected chi connectivity index (χ2v) is 6.35. The molecule has 1 fully saturated rings. The Balaban J connectivity index is 2.19. The number of nitrogens with two attached hydrogens (primary N) is 1. The Kier molecular flexibility index (Phi) is 5.21. The number of benzene rings is 1. The van der Waals surface area contributed by atoms with E-state index < -0.39 is 0 Å². The number of aliphatic imine (C=N–C) groups is 1. The smallest absolute Gasteiger partial charge is 0.188 e. The Hall–Kier alpha value is -1.58. The molecule has 0 radical (unpaired) electrons. The first-order chi connectivity index (χ1) is 10.0. The van der Waals surface area contributed by atoms with Gasteiger partial charge in [0, 0.05) is 11.5 Å². The van der Waals surface area contributed by atoms with Gasteiger partial charge in [0.2, 0.25) is 0 Å². The predicted octanol–water partition coefficient (Wildman–Crippen LogP) is 3.34. The van der Waals surface area contributed by atoms with Crippen molar-refractivity contribution in [2.24, 2.45) is 10.7 Å². The number of rotatable bonds is 4. The summed E-state index contributed by atoms with van der Waals surface area (Å²) in [6.45, 7) is 4.75. The zero-order valence-electron chi connectivity index (χ0n) is 13.0. The van der Waals surface area contributed by atoms with E-state index in [0.29, 0.717) is 12.5 Å². The van der Waals surface area contributed by atoms with Gasteiger partial charge in [-0.15, -0.1) is 0 Å². The molecular weight excluding hydrogens is 265 g/mol. The highest BCUT2D eigenvalue weighted by Crippen LogP contribution is 2.39. The van der Waals surface area contributed by atoms with Crippen LogP contribution in [0.2, 0.25) is 0 Å². The molecule has 1 aromatic rings. The molecule has 1 aromatic carbocycles. The number of nitrogens with one attached hydrogen (secondary N) is 1. The van der Waals surface area contributed by atoms with E-state index in [1.807, 2.05) is 26.0 Å².